The number of aryl methyl sites for hydroxylation is 1. The summed E-state index contributed by atoms with van der Waals surface area (Å²) in [6.45, 7) is 0. The Morgan fingerprint density at radius 2 is 1.89 bits per heavy atom. The molecule has 0 atom stereocenters. The Kier molecular flexibility index (Phi) is 6.52. The van der Waals surface area contributed by atoms with Gasteiger partial charge in [0.15, 0.2) is 11.5 Å². The third-order valence-electron chi connectivity index (χ3n) is 4.84. The summed E-state index contributed by atoms with van der Waals surface area (Å²) in [5.41, 5.74) is 1.74. The number of rotatable bonds is 8. The number of methoxy groups -OCH3 is 2. The van der Waals surface area contributed by atoms with Gasteiger partial charge in [0.2, 0.25) is 5.91 Å². The quantitative estimate of drug-likeness (QED) is 0.735. The number of carbonyl (C=O) groups excluding carboxylic acids is 1. The van der Waals surface area contributed by atoms with Crippen LogP contribution in [0.2, 0.25) is 0 Å². The number of nitrogens with one attached hydrogen (secondary N) is 2. The molecule has 0 spiro atoms. The molecule has 6 nitrogen and oxygen atoms in total. The first-order valence-electron chi connectivity index (χ1n) is 9.41. The van der Waals surface area contributed by atoms with Crippen molar-refractivity contribution in [2.45, 2.75) is 44.6 Å². The predicted octanol–water partition coefficient (Wildman–Crippen LogP) is 4.02. The maximum absolute atomic E-state index is 12.2. The third kappa shape index (κ3) is 5.36. The molecule has 2 N–H and O–H groups in total. The van der Waals surface area contributed by atoms with E-state index in [1.54, 1.807) is 20.4 Å². The smallest absolute Gasteiger partial charge is 0.224 e. The van der Waals surface area contributed by atoms with Crippen LogP contribution in [-0.2, 0) is 11.2 Å². The molecule has 1 aliphatic carbocycles. The van der Waals surface area contributed by atoms with Gasteiger partial charge in [-0.1, -0.05) is 18.9 Å². The Morgan fingerprint density at radius 1 is 1.11 bits per heavy atom. The van der Waals surface area contributed by atoms with E-state index in [9.17, 15) is 4.79 Å². The van der Waals surface area contributed by atoms with Crippen molar-refractivity contribution in [1.82, 2.24) is 4.98 Å². The summed E-state index contributed by atoms with van der Waals surface area (Å²) < 4.78 is 10.5. The molecule has 0 bridgehead atoms. The summed E-state index contributed by atoms with van der Waals surface area (Å²) in [5, 5.41) is 6.34. The summed E-state index contributed by atoms with van der Waals surface area (Å²) in [6.07, 6.45) is 7.69. The molecule has 2 aromatic rings. The maximum atomic E-state index is 12.2. The van der Waals surface area contributed by atoms with E-state index in [0.29, 0.717) is 36.1 Å². The van der Waals surface area contributed by atoms with Crippen LogP contribution in [0.1, 0.15) is 37.7 Å². The van der Waals surface area contributed by atoms with Crippen LogP contribution < -0.4 is 20.1 Å². The molecule has 0 unspecified atom stereocenters. The van der Waals surface area contributed by atoms with Crippen molar-refractivity contribution in [3.8, 4) is 11.5 Å². The molecule has 27 heavy (non-hydrogen) atoms. The van der Waals surface area contributed by atoms with Gasteiger partial charge in [-0.2, -0.15) is 0 Å². The molecule has 1 heterocycles. The number of carbonyl (C=O) groups is 1. The minimum atomic E-state index is -0.0388. The molecule has 1 amide bonds. The lowest BCUT2D eigenvalue weighted by atomic mass is 10.1. The molecule has 1 aromatic heterocycles. The van der Waals surface area contributed by atoms with Gasteiger partial charge in [0.1, 0.15) is 5.82 Å². The highest BCUT2D eigenvalue weighted by Crippen LogP contribution is 2.28. The van der Waals surface area contributed by atoms with Gasteiger partial charge in [-0.05, 0) is 49.1 Å². The Bertz CT molecular complexity index is 756. The molecule has 3 rings (SSSR count). The van der Waals surface area contributed by atoms with E-state index < -0.39 is 0 Å². The van der Waals surface area contributed by atoms with Crippen molar-refractivity contribution in [3.63, 3.8) is 0 Å². The fraction of sp³-hybridized carbons (Fsp3) is 0.429. The van der Waals surface area contributed by atoms with E-state index in [1.807, 2.05) is 30.3 Å². The van der Waals surface area contributed by atoms with Gasteiger partial charge < -0.3 is 20.1 Å². The minimum Gasteiger partial charge on any atom is -0.493 e. The summed E-state index contributed by atoms with van der Waals surface area (Å²) in [6, 6.07) is 10.0. The van der Waals surface area contributed by atoms with E-state index in [-0.39, 0.29) is 5.91 Å². The fourth-order valence-electron chi connectivity index (χ4n) is 3.35. The average Bonchev–Trinajstić information content (AvgIpc) is 3.20. The number of ether oxygens (including phenoxy) is 2. The van der Waals surface area contributed by atoms with Crippen LogP contribution in [0, 0.1) is 0 Å². The first-order valence-corrected chi connectivity index (χ1v) is 9.41. The SMILES string of the molecule is COc1ccc(CCC(=O)Nc2ccc(NC3CCCC3)nc2)cc1OC. The van der Waals surface area contributed by atoms with Crippen molar-refractivity contribution in [1.29, 1.82) is 0 Å². The zero-order chi connectivity index (χ0) is 19.1. The number of anilines is 2. The van der Waals surface area contributed by atoms with Crippen molar-refractivity contribution >= 4 is 17.4 Å². The zero-order valence-electron chi connectivity index (χ0n) is 16.0. The van der Waals surface area contributed by atoms with Crippen molar-refractivity contribution in [2.75, 3.05) is 24.9 Å². The lowest BCUT2D eigenvalue weighted by Gasteiger charge is -2.13. The molecule has 0 saturated heterocycles. The highest BCUT2D eigenvalue weighted by molar-refractivity contribution is 5.90. The van der Waals surface area contributed by atoms with Gasteiger partial charge in [0.25, 0.3) is 0 Å². The topological polar surface area (TPSA) is 72.5 Å². The zero-order valence-corrected chi connectivity index (χ0v) is 16.0. The molecule has 1 aromatic carbocycles. The van der Waals surface area contributed by atoms with Crippen LogP contribution in [0.3, 0.4) is 0 Å². The van der Waals surface area contributed by atoms with Crippen molar-refractivity contribution < 1.29 is 14.3 Å². The van der Waals surface area contributed by atoms with Crippen LogP contribution in [0.5, 0.6) is 11.5 Å². The summed E-state index contributed by atoms with van der Waals surface area (Å²) in [5.74, 6) is 2.18. The molecule has 1 aliphatic rings. The van der Waals surface area contributed by atoms with Crippen LogP contribution >= 0.6 is 0 Å². The van der Waals surface area contributed by atoms with Crippen molar-refractivity contribution in [2.24, 2.45) is 0 Å². The highest BCUT2D eigenvalue weighted by Gasteiger charge is 2.14. The lowest BCUT2D eigenvalue weighted by molar-refractivity contribution is -0.116. The molecular weight excluding hydrogens is 342 g/mol. The lowest BCUT2D eigenvalue weighted by Crippen LogP contribution is -2.16. The second-order valence-corrected chi connectivity index (χ2v) is 6.80. The van der Waals surface area contributed by atoms with Crippen LogP contribution in [0.25, 0.3) is 0 Å². The normalized spacial score (nSPS) is 14.0. The van der Waals surface area contributed by atoms with E-state index in [1.165, 1.54) is 25.7 Å². The van der Waals surface area contributed by atoms with E-state index in [2.05, 4.69) is 15.6 Å². The van der Waals surface area contributed by atoms with Gasteiger partial charge in [-0.25, -0.2) is 4.98 Å². The Labute approximate surface area is 160 Å². The molecule has 1 saturated carbocycles. The highest BCUT2D eigenvalue weighted by atomic mass is 16.5. The summed E-state index contributed by atoms with van der Waals surface area (Å²) in [7, 11) is 3.21. The molecule has 0 aliphatic heterocycles. The fourth-order valence-corrected chi connectivity index (χ4v) is 3.35. The van der Waals surface area contributed by atoms with Gasteiger partial charge in [0.05, 0.1) is 26.1 Å². The Balaban J connectivity index is 1.48. The summed E-state index contributed by atoms with van der Waals surface area (Å²) in [4.78, 5) is 16.6. The Hall–Kier alpha value is -2.76. The first-order chi connectivity index (χ1) is 13.2. The van der Waals surface area contributed by atoms with Gasteiger partial charge in [-0.3, -0.25) is 4.79 Å². The minimum absolute atomic E-state index is 0.0388. The number of benzene rings is 1. The number of pyridine rings is 1. The number of amides is 1. The first kappa shape index (κ1) is 19.0. The number of nitrogens with zero attached hydrogens (tertiary/aromatic N) is 1. The Morgan fingerprint density at radius 3 is 2.56 bits per heavy atom. The maximum Gasteiger partial charge on any atom is 0.224 e. The number of hydrogen-bond donors (Lipinski definition) is 2. The van der Waals surface area contributed by atoms with Gasteiger partial charge >= 0.3 is 0 Å². The van der Waals surface area contributed by atoms with Crippen LogP contribution in [-0.4, -0.2) is 31.2 Å². The van der Waals surface area contributed by atoms with E-state index in [0.717, 1.165) is 11.4 Å². The molecule has 0 radical (unpaired) electrons. The van der Waals surface area contributed by atoms with E-state index in [4.69, 9.17) is 9.47 Å². The second-order valence-electron chi connectivity index (χ2n) is 6.80. The van der Waals surface area contributed by atoms with E-state index >= 15 is 0 Å². The second kappa shape index (κ2) is 9.26. The molecule has 1 fully saturated rings. The van der Waals surface area contributed by atoms with Gasteiger partial charge in [0, 0.05) is 12.5 Å². The molecule has 6 heteroatoms. The summed E-state index contributed by atoms with van der Waals surface area (Å²) >= 11 is 0. The number of aromatic nitrogens is 1. The average molecular weight is 369 g/mol. The van der Waals surface area contributed by atoms with Crippen molar-refractivity contribution in [3.05, 3.63) is 42.1 Å². The van der Waals surface area contributed by atoms with Crippen LogP contribution in [0.15, 0.2) is 36.5 Å². The number of hydrogen-bond acceptors (Lipinski definition) is 5. The standard InChI is InChI=1S/C21H27N3O3/c1-26-18-10-7-15(13-19(18)27-2)8-12-21(25)24-17-9-11-20(22-14-17)23-16-5-3-4-6-16/h7,9-11,13-14,16H,3-6,8,12H2,1-2H3,(H,22,23)(H,24,25). The largest absolute Gasteiger partial charge is 0.493 e. The van der Waals surface area contributed by atoms with Crippen LogP contribution in [0.4, 0.5) is 11.5 Å². The third-order valence-corrected chi connectivity index (χ3v) is 4.84. The molecular formula is C21H27N3O3. The monoisotopic (exact) mass is 369 g/mol. The predicted molar refractivity (Wildman–Crippen MR) is 107 cm³/mol. The molecule has 144 valence electrons. The van der Waals surface area contributed by atoms with Gasteiger partial charge in [-0.15, -0.1) is 0 Å².